The van der Waals surface area contributed by atoms with Crippen molar-refractivity contribution < 1.29 is 14.2 Å². The van der Waals surface area contributed by atoms with Gasteiger partial charge in [-0.25, -0.2) is 4.98 Å². The Kier molecular flexibility index (Phi) is 6.27. The van der Waals surface area contributed by atoms with Crippen LogP contribution in [-0.4, -0.2) is 56.2 Å². The van der Waals surface area contributed by atoms with Crippen LogP contribution in [0.2, 0.25) is 5.02 Å². The third kappa shape index (κ3) is 3.74. The fourth-order valence-corrected chi connectivity index (χ4v) is 4.00. The maximum absolute atomic E-state index is 13.3. The van der Waals surface area contributed by atoms with Gasteiger partial charge in [-0.3, -0.25) is 9.36 Å². The average molecular weight is 408 g/mol. The van der Waals surface area contributed by atoms with Gasteiger partial charge in [-0.15, -0.1) is 0 Å². The molecule has 1 aromatic heterocycles. The number of benzene rings is 1. The number of anilines is 1. The predicted molar refractivity (Wildman–Crippen MR) is 110 cm³/mol. The Labute approximate surface area is 169 Å². The van der Waals surface area contributed by atoms with Crippen LogP contribution in [0.1, 0.15) is 12.1 Å². The Morgan fingerprint density at radius 1 is 1.29 bits per heavy atom. The predicted octanol–water partition coefficient (Wildman–Crippen LogP) is 2.66. The molecule has 1 aromatic carbocycles. The van der Waals surface area contributed by atoms with Crippen molar-refractivity contribution in [2.24, 2.45) is 7.05 Å². The first-order chi connectivity index (χ1) is 13.4. The minimum absolute atomic E-state index is 0.0555. The molecule has 0 spiro atoms. The smallest absolute Gasteiger partial charge is 0.277 e. The third-order valence-electron chi connectivity index (χ3n) is 5.21. The van der Waals surface area contributed by atoms with E-state index in [-0.39, 0.29) is 17.7 Å². The lowest BCUT2D eigenvalue weighted by atomic mass is 10.1. The van der Waals surface area contributed by atoms with Crippen LogP contribution in [0.3, 0.4) is 0 Å². The topological polar surface area (TPSA) is 65.8 Å². The molecule has 1 fully saturated rings. The van der Waals surface area contributed by atoms with E-state index in [1.807, 2.05) is 13.0 Å². The number of hydrogen-bond donors (Lipinski definition) is 0. The van der Waals surface area contributed by atoms with E-state index in [1.54, 1.807) is 45.1 Å². The van der Waals surface area contributed by atoms with Crippen LogP contribution in [0.25, 0.3) is 11.4 Å². The molecule has 1 saturated heterocycles. The van der Waals surface area contributed by atoms with Gasteiger partial charge in [-0.05, 0) is 31.5 Å². The summed E-state index contributed by atoms with van der Waals surface area (Å²) in [6.07, 6.45) is 0.860. The molecule has 152 valence electrons. The molecule has 3 rings (SSSR count). The minimum Gasteiger partial charge on any atom is -0.497 e. The van der Waals surface area contributed by atoms with E-state index in [1.165, 1.54) is 0 Å². The van der Waals surface area contributed by atoms with Crippen molar-refractivity contribution in [1.82, 2.24) is 9.55 Å². The van der Waals surface area contributed by atoms with Gasteiger partial charge < -0.3 is 19.1 Å². The lowest BCUT2D eigenvalue weighted by Gasteiger charge is -2.27. The van der Waals surface area contributed by atoms with Gasteiger partial charge in [0, 0.05) is 33.4 Å². The number of aromatic nitrogens is 2. The van der Waals surface area contributed by atoms with Crippen molar-refractivity contribution in [3.63, 3.8) is 0 Å². The number of hydrogen-bond acceptors (Lipinski definition) is 6. The van der Waals surface area contributed by atoms with E-state index >= 15 is 0 Å². The van der Waals surface area contributed by atoms with E-state index in [4.69, 9.17) is 30.8 Å². The van der Waals surface area contributed by atoms with Crippen LogP contribution in [0.4, 0.5) is 5.69 Å². The summed E-state index contributed by atoms with van der Waals surface area (Å²) in [5.74, 6) is 1.17. The summed E-state index contributed by atoms with van der Waals surface area (Å²) >= 11 is 6.41. The maximum Gasteiger partial charge on any atom is 0.277 e. The van der Waals surface area contributed by atoms with Gasteiger partial charge in [-0.1, -0.05) is 11.6 Å². The lowest BCUT2D eigenvalue weighted by molar-refractivity contribution is 0.111. The molecular weight excluding hydrogens is 382 g/mol. The van der Waals surface area contributed by atoms with Gasteiger partial charge in [0.05, 0.1) is 36.6 Å². The van der Waals surface area contributed by atoms with Crippen LogP contribution in [0.5, 0.6) is 5.75 Å². The molecule has 0 unspecified atom stereocenters. The van der Waals surface area contributed by atoms with Crippen molar-refractivity contribution in [2.75, 3.05) is 39.4 Å². The molecule has 7 nitrogen and oxygen atoms in total. The molecule has 0 saturated carbocycles. The highest BCUT2D eigenvalue weighted by Gasteiger charge is 2.35. The molecule has 8 heteroatoms. The van der Waals surface area contributed by atoms with Gasteiger partial charge in [0.15, 0.2) is 0 Å². The van der Waals surface area contributed by atoms with Crippen LogP contribution in [-0.2, 0) is 16.5 Å². The lowest BCUT2D eigenvalue weighted by Crippen LogP contribution is -2.39. The molecular formula is C20H26ClN3O4. The monoisotopic (exact) mass is 407 g/mol. The summed E-state index contributed by atoms with van der Waals surface area (Å²) in [6, 6.07) is 5.39. The molecule has 2 aromatic rings. The number of rotatable bonds is 6. The number of ether oxygens (including phenoxy) is 3. The first kappa shape index (κ1) is 20.6. The normalized spacial score (nSPS) is 19.3. The second-order valence-corrected chi connectivity index (χ2v) is 7.34. The Balaban J connectivity index is 2.07. The van der Waals surface area contributed by atoms with Crippen molar-refractivity contribution in [3.05, 3.63) is 39.3 Å². The largest absolute Gasteiger partial charge is 0.497 e. The number of nitrogens with zero attached hydrogens (tertiary/aromatic N) is 3. The van der Waals surface area contributed by atoms with Gasteiger partial charge in [0.2, 0.25) is 0 Å². The third-order valence-corrected chi connectivity index (χ3v) is 5.53. The molecule has 1 aliphatic heterocycles. The zero-order valence-corrected chi connectivity index (χ0v) is 17.6. The zero-order chi connectivity index (χ0) is 20.4. The SMILES string of the molecule is COC[C@@H]1C[C@@H](OC)CN1c1c(C)nc(-c2ccc(OC)cc2Cl)n(C)c1=O. The fraction of sp³-hybridized carbons (Fsp3) is 0.500. The van der Waals surface area contributed by atoms with Crippen LogP contribution >= 0.6 is 11.6 Å². The van der Waals surface area contributed by atoms with Gasteiger partial charge >= 0.3 is 0 Å². The van der Waals surface area contributed by atoms with Crippen molar-refractivity contribution in [3.8, 4) is 17.1 Å². The summed E-state index contributed by atoms with van der Waals surface area (Å²) < 4.78 is 17.6. The summed E-state index contributed by atoms with van der Waals surface area (Å²) in [4.78, 5) is 20.1. The van der Waals surface area contributed by atoms with E-state index in [9.17, 15) is 4.79 Å². The van der Waals surface area contributed by atoms with Crippen LogP contribution in [0.15, 0.2) is 23.0 Å². The Hall–Kier alpha value is -2.09. The van der Waals surface area contributed by atoms with E-state index in [2.05, 4.69) is 4.90 Å². The molecule has 0 radical (unpaired) electrons. The highest BCUT2D eigenvalue weighted by molar-refractivity contribution is 6.33. The molecule has 2 atom stereocenters. The summed E-state index contributed by atoms with van der Waals surface area (Å²) in [5, 5.41) is 0.479. The highest BCUT2D eigenvalue weighted by Crippen LogP contribution is 2.32. The molecule has 28 heavy (non-hydrogen) atoms. The molecule has 0 amide bonds. The summed E-state index contributed by atoms with van der Waals surface area (Å²) in [7, 11) is 6.65. The molecule has 2 heterocycles. The van der Waals surface area contributed by atoms with Crippen molar-refractivity contribution in [1.29, 1.82) is 0 Å². The van der Waals surface area contributed by atoms with E-state index < -0.39 is 0 Å². The van der Waals surface area contributed by atoms with Gasteiger partial charge in [0.1, 0.15) is 17.3 Å². The summed E-state index contributed by atoms with van der Waals surface area (Å²) in [5.41, 5.74) is 1.80. The molecule has 0 bridgehead atoms. The highest BCUT2D eigenvalue weighted by atomic mass is 35.5. The van der Waals surface area contributed by atoms with Gasteiger partial charge in [0.25, 0.3) is 5.56 Å². The Bertz CT molecular complexity index is 915. The van der Waals surface area contributed by atoms with E-state index in [0.29, 0.717) is 46.7 Å². The molecule has 1 aliphatic rings. The molecule has 0 aliphatic carbocycles. The number of methoxy groups -OCH3 is 3. The Morgan fingerprint density at radius 2 is 2.04 bits per heavy atom. The maximum atomic E-state index is 13.3. The standard InChI is InChI=1S/C20H26ClN3O4/c1-12-18(24-10-15(28-5)8-13(24)11-26-3)20(25)23(2)19(22-12)16-7-6-14(27-4)9-17(16)21/h6-7,9,13,15H,8,10-11H2,1-5H3/t13-,15+/m0/s1. The Morgan fingerprint density at radius 3 is 2.64 bits per heavy atom. The zero-order valence-electron chi connectivity index (χ0n) is 16.9. The minimum atomic E-state index is -0.118. The van der Waals surface area contributed by atoms with Crippen LogP contribution < -0.4 is 15.2 Å². The second-order valence-electron chi connectivity index (χ2n) is 6.93. The van der Waals surface area contributed by atoms with Gasteiger partial charge in [-0.2, -0.15) is 0 Å². The average Bonchev–Trinajstić information content (AvgIpc) is 3.08. The first-order valence-electron chi connectivity index (χ1n) is 9.11. The second kappa shape index (κ2) is 8.51. The van der Waals surface area contributed by atoms with Crippen LogP contribution in [0, 0.1) is 6.92 Å². The number of halogens is 1. The number of aryl methyl sites for hydroxylation is 1. The molecule has 0 N–H and O–H groups in total. The quantitative estimate of drug-likeness (QED) is 0.733. The van der Waals surface area contributed by atoms with Crippen molar-refractivity contribution in [2.45, 2.75) is 25.5 Å². The van der Waals surface area contributed by atoms with E-state index in [0.717, 1.165) is 6.42 Å². The first-order valence-corrected chi connectivity index (χ1v) is 9.49. The summed E-state index contributed by atoms with van der Waals surface area (Å²) in [6.45, 7) is 3.00. The van der Waals surface area contributed by atoms with Crippen molar-refractivity contribution >= 4 is 17.3 Å². The fourth-order valence-electron chi connectivity index (χ4n) is 3.74.